The SMILES string of the molecule is CCNC(=NCc1ccsc1)NCc1cccc(OCCN(C)C2CCOCC2)c1.I. The van der Waals surface area contributed by atoms with Gasteiger partial charge in [0, 0.05) is 38.9 Å². The van der Waals surface area contributed by atoms with Crippen LogP contribution in [-0.4, -0.2) is 56.9 Å². The maximum atomic E-state index is 6.01. The van der Waals surface area contributed by atoms with Gasteiger partial charge < -0.3 is 20.1 Å². The fourth-order valence-corrected chi connectivity index (χ4v) is 4.10. The summed E-state index contributed by atoms with van der Waals surface area (Å²) in [6.45, 7) is 7.65. The van der Waals surface area contributed by atoms with Gasteiger partial charge in [-0.2, -0.15) is 11.3 Å². The van der Waals surface area contributed by atoms with Gasteiger partial charge in [0.15, 0.2) is 5.96 Å². The summed E-state index contributed by atoms with van der Waals surface area (Å²) in [4.78, 5) is 7.05. The molecule has 2 N–H and O–H groups in total. The van der Waals surface area contributed by atoms with Crippen LogP contribution >= 0.6 is 35.3 Å². The second-order valence-electron chi connectivity index (χ2n) is 7.50. The Balaban J connectivity index is 0.00000341. The topological polar surface area (TPSA) is 58.1 Å². The van der Waals surface area contributed by atoms with E-state index in [9.17, 15) is 0 Å². The molecule has 0 aliphatic carbocycles. The van der Waals surface area contributed by atoms with Crippen molar-refractivity contribution in [1.82, 2.24) is 15.5 Å². The quantitative estimate of drug-likeness (QED) is 0.261. The third-order valence-electron chi connectivity index (χ3n) is 5.23. The number of ether oxygens (including phenoxy) is 2. The van der Waals surface area contributed by atoms with Crippen LogP contribution in [0.2, 0.25) is 0 Å². The van der Waals surface area contributed by atoms with Crippen LogP contribution in [0.15, 0.2) is 46.1 Å². The molecule has 1 saturated heterocycles. The zero-order chi connectivity index (χ0) is 21.0. The molecule has 1 aliphatic rings. The van der Waals surface area contributed by atoms with Gasteiger partial charge in [0.1, 0.15) is 12.4 Å². The van der Waals surface area contributed by atoms with Gasteiger partial charge in [-0.05, 0) is 66.9 Å². The van der Waals surface area contributed by atoms with Gasteiger partial charge >= 0.3 is 0 Å². The number of nitrogens with one attached hydrogen (secondary N) is 2. The molecule has 31 heavy (non-hydrogen) atoms. The van der Waals surface area contributed by atoms with Gasteiger partial charge in [0.05, 0.1) is 6.54 Å². The molecule has 1 aromatic heterocycles. The molecule has 2 heterocycles. The van der Waals surface area contributed by atoms with Crippen molar-refractivity contribution in [1.29, 1.82) is 0 Å². The predicted molar refractivity (Wildman–Crippen MR) is 140 cm³/mol. The number of halogens is 1. The summed E-state index contributed by atoms with van der Waals surface area (Å²) in [6, 6.07) is 11.0. The Labute approximate surface area is 207 Å². The van der Waals surface area contributed by atoms with Crippen molar-refractivity contribution in [3.05, 3.63) is 52.2 Å². The highest BCUT2D eigenvalue weighted by Gasteiger charge is 2.17. The summed E-state index contributed by atoms with van der Waals surface area (Å²) < 4.78 is 11.5. The van der Waals surface area contributed by atoms with Gasteiger partial charge in [-0.25, -0.2) is 4.99 Å². The molecule has 3 rings (SSSR count). The van der Waals surface area contributed by atoms with Crippen LogP contribution in [0.1, 0.15) is 30.9 Å². The molecular weight excluding hydrogens is 523 g/mol. The van der Waals surface area contributed by atoms with E-state index in [1.807, 2.05) is 12.1 Å². The largest absolute Gasteiger partial charge is 0.492 e. The first-order chi connectivity index (χ1) is 14.7. The number of hydrogen-bond acceptors (Lipinski definition) is 5. The van der Waals surface area contributed by atoms with Crippen molar-refractivity contribution >= 4 is 41.3 Å². The van der Waals surface area contributed by atoms with E-state index in [0.29, 0.717) is 25.7 Å². The number of benzene rings is 1. The fourth-order valence-electron chi connectivity index (χ4n) is 3.44. The van der Waals surface area contributed by atoms with Crippen LogP contribution in [0, 0.1) is 0 Å². The Morgan fingerprint density at radius 1 is 1.23 bits per heavy atom. The minimum absolute atomic E-state index is 0. The number of hydrogen-bond donors (Lipinski definition) is 2. The molecule has 172 valence electrons. The zero-order valence-corrected chi connectivity index (χ0v) is 21.7. The lowest BCUT2D eigenvalue weighted by Gasteiger charge is -2.31. The lowest BCUT2D eigenvalue weighted by atomic mass is 10.1. The number of guanidine groups is 1. The molecule has 0 saturated carbocycles. The standard InChI is InChI=1S/C23H34N4O2S.HI/c1-3-24-23(26-17-20-9-14-30-18-20)25-16-19-5-4-6-22(15-19)29-13-10-27(2)21-7-11-28-12-8-21;/h4-6,9,14-15,18,21H,3,7-8,10-13,16-17H2,1-2H3,(H2,24,25,26);1H. The molecule has 0 radical (unpaired) electrons. The molecule has 0 spiro atoms. The van der Waals surface area contributed by atoms with Crippen molar-refractivity contribution in [2.45, 2.75) is 38.9 Å². The van der Waals surface area contributed by atoms with E-state index in [2.05, 4.69) is 63.5 Å². The number of aliphatic imine (C=N–C) groups is 1. The van der Waals surface area contributed by atoms with E-state index >= 15 is 0 Å². The van der Waals surface area contributed by atoms with Gasteiger partial charge in [-0.1, -0.05) is 12.1 Å². The Kier molecular flexibility index (Phi) is 12.2. The molecule has 0 amide bonds. The van der Waals surface area contributed by atoms with E-state index < -0.39 is 0 Å². The summed E-state index contributed by atoms with van der Waals surface area (Å²) in [5, 5.41) is 10.9. The van der Waals surface area contributed by atoms with Crippen molar-refractivity contribution in [3.63, 3.8) is 0 Å². The number of thiophene rings is 1. The first-order valence-corrected chi connectivity index (χ1v) is 11.7. The van der Waals surface area contributed by atoms with Crippen LogP contribution in [-0.2, 0) is 17.8 Å². The smallest absolute Gasteiger partial charge is 0.191 e. The van der Waals surface area contributed by atoms with E-state index in [-0.39, 0.29) is 24.0 Å². The van der Waals surface area contributed by atoms with Gasteiger partial charge in [-0.15, -0.1) is 24.0 Å². The minimum atomic E-state index is 0. The van der Waals surface area contributed by atoms with E-state index in [0.717, 1.165) is 50.9 Å². The minimum Gasteiger partial charge on any atom is -0.492 e. The van der Waals surface area contributed by atoms with Crippen LogP contribution < -0.4 is 15.4 Å². The number of nitrogens with zero attached hydrogens (tertiary/aromatic N) is 2. The van der Waals surface area contributed by atoms with Crippen LogP contribution in [0.3, 0.4) is 0 Å². The monoisotopic (exact) mass is 558 g/mol. The van der Waals surface area contributed by atoms with E-state index in [4.69, 9.17) is 9.47 Å². The average Bonchev–Trinajstić information content (AvgIpc) is 3.30. The molecule has 8 heteroatoms. The number of likely N-dealkylation sites (N-methyl/N-ethyl adjacent to an activating group) is 1. The summed E-state index contributed by atoms with van der Waals surface area (Å²) in [7, 11) is 2.18. The Morgan fingerprint density at radius 3 is 2.81 bits per heavy atom. The summed E-state index contributed by atoms with van der Waals surface area (Å²) in [5.41, 5.74) is 2.41. The van der Waals surface area contributed by atoms with E-state index in [1.165, 1.54) is 11.1 Å². The third-order valence-corrected chi connectivity index (χ3v) is 5.96. The first-order valence-electron chi connectivity index (χ1n) is 10.8. The summed E-state index contributed by atoms with van der Waals surface area (Å²) >= 11 is 1.70. The molecule has 0 unspecified atom stereocenters. The van der Waals surface area contributed by atoms with Gasteiger partial charge in [0.25, 0.3) is 0 Å². The molecule has 1 aliphatic heterocycles. The highest BCUT2D eigenvalue weighted by Crippen LogP contribution is 2.15. The van der Waals surface area contributed by atoms with Crippen molar-refractivity contribution in [3.8, 4) is 5.75 Å². The first kappa shape index (κ1) is 25.9. The normalized spacial score (nSPS) is 14.9. The molecule has 1 fully saturated rings. The van der Waals surface area contributed by atoms with Crippen LogP contribution in [0.5, 0.6) is 5.75 Å². The lowest BCUT2D eigenvalue weighted by molar-refractivity contribution is 0.0392. The third kappa shape index (κ3) is 9.34. The molecule has 0 bridgehead atoms. The highest BCUT2D eigenvalue weighted by molar-refractivity contribution is 14.0. The summed E-state index contributed by atoms with van der Waals surface area (Å²) in [6.07, 6.45) is 2.22. The maximum absolute atomic E-state index is 6.01. The molecule has 6 nitrogen and oxygen atoms in total. The Morgan fingerprint density at radius 2 is 2.06 bits per heavy atom. The molecular formula is C23H35IN4O2S. The van der Waals surface area contributed by atoms with Crippen LogP contribution in [0.4, 0.5) is 0 Å². The van der Waals surface area contributed by atoms with Crippen molar-refractivity contribution in [2.75, 3.05) is 40.0 Å². The lowest BCUT2D eigenvalue weighted by Crippen LogP contribution is -2.38. The second kappa shape index (κ2) is 14.7. The number of rotatable bonds is 10. The fraction of sp³-hybridized carbons (Fsp3) is 0.522. The molecule has 0 atom stereocenters. The van der Waals surface area contributed by atoms with Gasteiger partial charge in [-0.3, -0.25) is 4.90 Å². The Hall–Kier alpha value is -1.36. The van der Waals surface area contributed by atoms with Crippen molar-refractivity contribution in [2.24, 2.45) is 4.99 Å². The highest BCUT2D eigenvalue weighted by atomic mass is 127. The van der Waals surface area contributed by atoms with Crippen LogP contribution in [0.25, 0.3) is 0 Å². The van der Waals surface area contributed by atoms with E-state index in [1.54, 1.807) is 11.3 Å². The molecule has 2 aromatic rings. The maximum Gasteiger partial charge on any atom is 0.191 e. The summed E-state index contributed by atoms with van der Waals surface area (Å²) in [5.74, 6) is 1.74. The Bertz CT molecular complexity index is 767. The molecule has 1 aromatic carbocycles. The van der Waals surface area contributed by atoms with Gasteiger partial charge in [0.2, 0.25) is 0 Å². The predicted octanol–water partition coefficient (Wildman–Crippen LogP) is 4.11. The zero-order valence-electron chi connectivity index (χ0n) is 18.5. The second-order valence-corrected chi connectivity index (χ2v) is 8.28. The van der Waals surface area contributed by atoms with Crippen molar-refractivity contribution < 1.29 is 9.47 Å². The average molecular weight is 559 g/mol.